The molecule has 0 spiro atoms. The minimum absolute atomic E-state index is 0.215. The van der Waals surface area contributed by atoms with Crippen molar-refractivity contribution in [3.63, 3.8) is 0 Å². The number of fused-ring (bicyclic) bond motifs is 1. The van der Waals surface area contributed by atoms with Gasteiger partial charge in [0.25, 0.3) is 5.91 Å². The van der Waals surface area contributed by atoms with Crippen molar-refractivity contribution in [3.05, 3.63) is 35.3 Å². The molecule has 0 unspecified atom stereocenters. The number of hydrogen-bond donors (Lipinski definition) is 1. The van der Waals surface area contributed by atoms with Crippen LogP contribution >= 0.6 is 0 Å². The Labute approximate surface area is 127 Å². The van der Waals surface area contributed by atoms with Crippen LogP contribution in [0.3, 0.4) is 0 Å². The van der Waals surface area contributed by atoms with Gasteiger partial charge in [0.05, 0.1) is 11.9 Å². The van der Waals surface area contributed by atoms with E-state index < -0.39 is 0 Å². The molecule has 1 amide bonds. The largest absolute Gasteiger partial charge is 0.354 e. The molecule has 2 aliphatic rings. The maximum absolute atomic E-state index is 11.7. The summed E-state index contributed by atoms with van der Waals surface area (Å²) in [6.07, 6.45) is 4.82. The number of aryl methyl sites for hydroxylation is 2. The van der Waals surface area contributed by atoms with Gasteiger partial charge in [0.2, 0.25) is 5.76 Å². The highest BCUT2D eigenvalue weighted by atomic mass is 16.5. The van der Waals surface area contributed by atoms with Gasteiger partial charge in [-0.05, 0) is 30.9 Å². The SMILES string of the molecule is O=C(NCC1CN(c2cc3c(nn2)CCC3)C1)c1ccno1. The van der Waals surface area contributed by atoms with Crippen molar-refractivity contribution in [2.24, 2.45) is 5.92 Å². The van der Waals surface area contributed by atoms with E-state index in [-0.39, 0.29) is 11.7 Å². The number of rotatable bonds is 4. The van der Waals surface area contributed by atoms with Gasteiger partial charge in [-0.2, -0.15) is 5.10 Å². The first-order valence-electron chi connectivity index (χ1n) is 7.59. The van der Waals surface area contributed by atoms with Crippen LogP contribution in [-0.2, 0) is 12.8 Å². The second-order valence-corrected chi connectivity index (χ2v) is 5.89. The smallest absolute Gasteiger partial charge is 0.289 e. The van der Waals surface area contributed by atoms with E-state index in [1.807, 2.05) is 0 Å². The average molecular weight is 299 g/mol. The van der Waals surface area contributed by atoms with Crippen LogP contribution in [0.4, 0.5) is 5.82 Å². The second-order valence-electron chi connectivity index (χ2n) is 5.89. The Bertz CT molecular complexity index is 679. The summed E-state index contributed by atoms with van der Waals surface area (Å²) >= 11 is 0. The molecule has 1 saturated heterocycles. The lowest BCUT2D eigenvalue weighted by Gasteiger charge is -2.40. The van der Waals surface area contributed by atoms with E-state index in [2.05, 4.69) is 31.6 Å². The van der Waals surface area contributed by atoms with E-state index in [0.717, 1.165) is 37.4 Å². The molecule has 0 radical (unpaired) electrons. The van der Waals surface area contributed by atoms with Crippen molar-refractivity contribution in [3.8, 4) is 0 Å². The van der Waals surface area contributed by atoms with Gasteiger partial charge >= 0.3 is 0 Å². The Balaban J connectivity index is 1.28. The Morgan fingerprint density at radius 1 is 1.36 bits per heavy atom. The molecule has 0 aromatic carbocycles. The number of anilines is 1. The van der Waals surface area contributed by atoms with Crippen LogP contribution in [-0.4, -0.2) is 40.9 Å². The molecule has 1 aliphatic carbocycles. The van der Waals surface area contributed by atoms with E-state index in [1.54, 1.807) is 6.07 Å². The first kappa shape index (κ1) is 13.2. The summed E-state index contributed by atoms with van der Waals surface area (Å²) in [5.41, 5.74) is 2.49. The van der Waals surface area contributed by atoms with E-state index in [9.17, 15) is 4.79 Å². The molecule has 7 heteroatoms. The van der Waals surface area contributed by atoms with Gasteiger partial charge < -0.3 is 14.7 Å². The third-order valence-electron chi connectivity index (χ3n) is 4.30. The highest BCUT2D eigenvalue weighted by molar-refractivity contribution is 5.91. The van der Waals surface area contributed by atoms with Gasteiger partial charge in [-0.1, -0.05) is 5.16 Å². The minimum Gasteiger partial charge on any atom is -0.354 e. The van der Waals surface area contributed by atoms with Crippen molar-refractivity contribution < 1.29 is 9.32 Å². The molecule has 0 saturated carbocycles. The van der Waals surface area contributed by atoms with Crippen molar-refractivity contribution in [2.45, 2.75) is 19.3 Å². The molecule has 1 aliphatic heterocycles. The van der Waals surface area contributed by atoms with Crippen LogP contribution in [0.25, 0.3) is 0 Å². The molecule has 3 heterocycles. The fourth-order valence-corrected chi connectivity index (χ4v) is 3.01. The molecule has 2 aromatic rings. The van der Waals surface area contributed by atoms with Gasteiger partial charge in [0, 0.05) is 31.6 Å². The molecule has 0 atom stereocenters. The van der Waals surface area contributed by atoms with Crippen LogP contribution in [0.2, 0.25) is 0 Å². The van der Waals surface area contributed by atoms with Crippen molar-refractivity contribution >= 4 is 11.7 Å². The number of nitrogens with one attached hydrogen (secondary N) is 1. The zero-order chi connectivity index (χ0) is 14.9. The number of amides is 1. The molecule has 1 N–H and O–H groups in total. The molecule has 4 rings (SSSR count). The molecule has 0 bridgehead atoms. The molecule has 1 fully saturated rings. The Morgan fingerprint density at radius 2 is 2.27 bits per heavy atom. The van der Waals surface area contributed by atoms with E-state index >= 15 is 0 Å². The summed E-state index contributed by atoms with van der Waals surface area (Å²) in [5.74, 6) is 1.43. The monoisotopic (exact) mass is 299 g/mol. The number of aromatic nitrogens is 3. The van der Waals surface area contributed by atoms with Crippen LogP contribution in [0, 0.1) is 5.92 Å². The topological polar surface area (TPSA) is 84.2 Å². The summed E-state index contributed by atoms with van der Waals surface area (Å²) in [6, 6.07) is 3.72. The summed E-state index contributed by atoms with van der Waals surface area (Å²) < 4.78 is 4.82. The first-order chi connectivity index (χ1) is 10.8. The molecule has 114 valence electrons. The van der Waals surface area contributed by atoms with E-state index in [4.69, 9.17) is 4.52 Å². The minimum atomic E-state index is -0.215. The Morgan fingerprint density at radius 3 is 3.09 bits per heavy atom. The lowest BCUT2D eigenvalue weighted by molar-refractivity contribution is 0.0907. The zero-order valence-electron chi connectivity index (χ0n) is 12.2. The van der Waals surface area contributed by atoms with Crippen molar-refractivity contribution in [2.75, 3.05) is 24.5 Å². The van der Waals surface area contributed by atoms with Gasteiger partial charge in [0.15, 0.2) is 5.82 Å². The maximum atomic E-state index is 11.7. The Hall–Kier alpha value is -2.44. The fourth-order valence-electron chi connectivity index (χ4n) is 3.01. The quantitative estimate of drug-likeness (QED) is 0.900. The Kier molecular flexibility index (Phi) is 3.25. The van der Waals surface area contributed by atoms with E-state index in [1.165, 1.54) is 18.2 Å². The summed E-state index contributed by atoms with van der Waals surface area (Å²) in [6.45, 7) is 2.42. The normalized spacial score (nSPS) is 17.2. The predicted molar refractivity (Wildman–Crippen MR) is 78.6 cm³/mol. The van der Waals surface area contributed by atoms with Gasteiger partial charge in [-0.25, -0.2) is 0 Å². The van der Waals surface area contributed by atoms with Gasteiger partial charge in [-0.15, -0.1) is 5.10 Å². The molecule has 22 heavy (non-hydrogen) atoms. The van der Waals surface area contributed by atoms with Crippen molar-refractivity contribution in [1.29, 1.82) is 0 Å². The maximum Gasteiger partial charge on any atom is 0.289 e. The van der Waals surface area contributed by atoms with Crippen LogP contribution in [0.1, 0.15) is 28.2 Å². The second kappa shape index (κ2) is 5.40. The van der Waals surface area contributed by atoms with Crippen LogP contribution in [0.15, 0.2) is 22.9 Å². The average Bonchev–Trinajstić information content (AvgIpc) is 3.16. The molecule has 2 aromatic heterocycles. The summed E-state index contributed by atoms with van der Waals surface area (Å²) in [4.78, 5) is 14.0. The molecule has 7 nitrogen and oxygen atoms in total. The third kappa shape index (κ3) is 2.43. The molecular formula is C15H17N5O2. The van der Waals surface area contributed by atoms with E-state index in [0.29, 0.717) is 12.5 Å². The van der Waals surface area contributed by atoms with Crippen LogP contribution < -0.4 is 10.2 Å². The number of carbonyl (C=O) groups is 1. The van der Waals surface area contributed by atoms with Crippen molar-refractivity contribution in [1.82, 2.24) is 20.7 Å². The summed E-state index contributed by atoms with van der Waals surface area (Å²) in [7, 11) is 0. The summed E-state index contributed by atoms with van der Waals surface area (Å²) in [5, 5.41) is 15.0. The standard InChI is InChI=1S/C15H17N5O2/c21-15(13-4-5-17-22-13)16-7-10-8-20(9-10)14-6-11-2-1-3-12(11)18-19-14/h4-6,10H,1-3,7-9H2,(H,16,21). The zero-order valence-corrected chi connectivity index (χ0v) is 12.2. The lowest BCUT2D eigenvalue weighted by atomic mass is 10.00. The highest BCUT2D eigenvalue weighted by Gasteiger charge is 2.29. The third-order valence-corrected chi connectivity index (χ3v) is 4.30. The number of hydrogen-bond acceptors (Lipinski definition) is 6. The lowest BCUT2D eigenvalue weighted by Crippen LogP contribution is -2.52. The van der Waals surface area contributed by atoms with Gasteiger partial charge in [-0.3, -0.25) is 4.79 Å². The number of nitrogens with zero attached hydrogens (tertiary/aromatic N) is 4. The number of carbonyl (C=O) groups excluding carboxylic acids is 1. The first-order valence-corrected chi connectivity index (χ1v) is 7.59. The highest BCUT2D eigenvalue weighted by Crippen LogP contribution is 2.26. The molecular weight excluding hydrogens is 282 g/mol. The predicted octanol–water partition coefficient (Wildman–Crippen LogP) is 0.819. The fraction of sp³-hybridized carbons (Fsp3) is 0.467. The van der Waals surface area contributed by atoms with Gasteiger partial charge in [0.1, 0.15) is 0 Å². The van der Waals surface area contributed by atoms with Crippen LogP contribution in [0.5, 0.6) is 0 Å².